The predicted octanol–water partition coefficient (Wildman–Crippen LogP) is 3.33. The van der Waals surface area contributed by atoms with Crippen LogP contribution in [-0.2, 0) is 11.3 Å². The summed E-state index contributed by atoms with van der Waals surface area (Å²) >= 11 is 1.14. The highest BCUT2D eigenvalue weighted by molar-refractivity contribution is 7.99. The minimum absolute atomic E-state index is 0.127. The second kappa shape index (κ2) is 7.47. The van der Waals surface area contributed by atoms with Gasteiger partial charge in [0.15, 0.2) is 5.16 Å². The Balaban J connectivity index is 1.54. The summed E-state index contributed by atoms with van der Waals surface area (Å²) in [6.45, 7) is 4.58. The summed E-state index contributed by atoms with van der Waals surface area (Å²) in [5, 5.41) is 13.2. The van der Waals surface area contributed by atoms with Crippen molar-refractivity contribution in [2.45, 2.75) is 25.5 Å². The van der Waals surface area contributed by atoms with Gasteiger partial charge in [-0.1, -0.05) is 30.0 Å². The maximum absolute atomic E-state index is 12.3. The molecular formula is C20H19N5O2S. The van der Waals surface area contributed by atoms with E-state index in [2.05, 4.69) is 44.1 Å². The van der Waals surface area contributed by atoms with Crippen LogP contribution in [0.3, 0.4) is 0 Å². The van der Waals surface area contributed by atoms with Crippen LogP contribution in [0.1, 0.15) is 12.6 Å². The first-order valence-corrected chi connectivity index (χ1v) is 9.92. The van der Waals surface area contributed by atoms with Crippen LogP contribution < -0.4 is 10.9 Å². The first-order chi connectivity index (χ1) is 13.6. The van der Waals surface area contributed by atoms with Gasteiger partial charge in [0.1, 0.15) is 5.69 Å². The van der Waals surface area contributed by atoms with Gasteiger partial charge in [-0.05, 0) is 38.1 Å². The van der Waals surface area contributed by atoms with E-state index in [4.69, 9.17) is 0 Å². The van der Waals surface area contributed by atoms with E-state index in [-0.39, 0.29) is 17.2 Å². The van der Waals surface area contributed by atoms with Gasteiger partial charge in [0.05, 0.1) is 5.75 Å². The number of aromatic amines is 1. The first-order valence-electron chi connectivity index (χ1n) is 8.94. The zero-order chi connectivity index (χ0) is 19.7. The summed E-state index contributed by atoms with van der Waals surface area (Å²) in [6.07, 6.45) is 0. The molecular weight excluding hydrogens is 374 g/mol. The van der Waals surface area contributed by atoms with Crippen LogP contribution in [0, 0.1) is 6.92 Å². The van der Waals surface area contributed by atoms with Crippen LogP contribution in [0.25, 0.3) is 21.8 Å². The van der Waals surface area contributed by atoms with E-state index in [0.29, 0.717) is 10.9 Å². The molecule has 0 spiro atoms. The van der Waals surface area contributed by atoms with Gasteiger partial charge >= 0.3 is 0 Å². The molecule has 0 aliphatic heterocycles. The number of hydrogen-bond donors (Lipinski definition) is 2. The SMILES string of the molecule is CCn1c2ccccc2c2cc(NC(=O)CSc3nnc(C)c(=O)[nH]3)ccc21. The number of nitrogens with zero attached hydrogens (tertiary/aromatic N) is 3. The van der Waals surface area contributed by atoms with E-state index < -0.39 is 0 Å². The highest BCUT2D eigenvalue weighted by Crippen LogP contribution is 2.31. The number of rotatable bonds is 5. The molecule has 0 aliphatic rings. The van der Waals surface area contributed by atoms with Crippen molar-refractivity contribution < 1.29 is 4.79 Å². The maximum atomic E-state index is 12.3. The molecule has 2 N–H and O–H groups in total. The molecule has 4 rings (SSSR count). The number of carbonyl (C=O) groups is 1. The van der Waals surface area contributed by atoms with Crippen LogP contribution in [-0.4, -0.2) is 31.4 Å². The monoisotopic (exact) mass is 393 g/mol. The number of nitrogens with one attached hydrogen (secondary N) is 2. The zero-order valence-electron chi connectivity index (χ0n) is 15.5. The van der Waals surface area contributed by atoms with Crippen molar-refractivity contribution in [3.05, 3.63) is 58.5 Å². The molecule has 142 valence electrons. The second-order valence-corrected chi connectivity index (χ2v) is 7.34. The zero-order valence-corrected chi connectivity index (χ0v) is 16.3. The third-order valence-electron chi connectivity index (χ3n) is 4.55. The molecule has 0 fully saturated rings. The number of amides is 1. The van der Waals surface area contributed by atoms with Gasteiger partial charge in [-0.2, -0.15) is 0 Å². The minimum Gasteiger partial charge on any atom is -0.341 e. The Kier molecular flexibility index (Phi) is 4.87. The van der Waals surface area contributed by atoms with Gasteiger partial charge in [-0.25, -0.2) is 0 Å². The lowest BCUT2D eigenvalue weighted by Gasteiger charge is -2.06. The largest absolute Gasteiger partial charge is 0.341 e. The van der Waals surface area contributed by atoms with Crippen LogP contribution in [0.15, 0.2) is 52.4 Å². The molecule has 8 heteroatoms. The van der Waals surface area contributed by atoms with E-state index in [1.54, 1.807) is 6.92 Å². The molecule has 0 saturated heterocycles. The number of aryl methyl sites for hydroxylation is 2. The van der Waals surface area contributed by atoms with Crippen LogP contribution >= 0.6 is 11.8 Å². The Hall–Kier alpha value is -3.13. The minimum atomic E-state index is -0.296. The van der Waals surface area contributed by atoms with Gasteiger partial charge in [-0.15, -0.1) is 10.2 Å². The molecule has 2 aromatic heterocycles. The number of H-pyrrole nitrogens is 1. The standard InChI is InChI=1S/C20H19N5O2S/c1-3-25-16-7-5-4-6-14(16)15-10-13(8-9-17(15)25)21-18(26)11-28-20-22-19(27)12(2)23-24-20/h4-10H,3,11H2,1-2H3,(H,21,26)(H,22,24,27). The molecule has 2 heterocycles. The third kappa shape index (κ3) is 3.38. The van der Waals surface area contributed by atoms with Crippen molar-refractivity contribution in [3.63, 3.8) is 0 Å². The topological polar surface area (TPSA) is 92.7 Å². The summed E-state index contributed by atoms with van der Waals surface area (Å²) in [5.41, 5.74) is 3.06. The van der Waals surface area contributed by atoms with Crippen molar-refractivity contribution in [2.24, 2.45) is 0 Å². The molecule has 0 radical (unpaired) electrons. The fourth-order valence-electron chi connectivity index (χ4n) is 3.25. The lowest BCUT2D eigenvalue weighted by molar-refractivity contribution is -0.113. The summed E-state index contributed by atoms with van der Waals surface area (Å²) in [4.78, 5) is 26.5. The molecule has 28 heavy (non-hydrogen) atoms. The van der Waals surface area contributed by atoms with Gasteiger partial charge in [0, 0.05) is 34.0 Å². The lowest BCUT2D eigenvalue weighted by Crippen LogP contribution is -2.17. The normalized spacial score (nSPS) is 11.2. The molecule has 1 amide bonds. The molecule has 4 aromatic rings. The summed E-state index contributed by atoms with van der Waals surface area (Å²) < 4.78 is 2.26. The second-order valence-electron chi connectivity index (χ2n) is 6.37. The average molecular weight is 393 g/mol. The van der Waals surface area contributed by atoms with Crippen molar-refractivity contribution in [1.29, 1.82) is 0 Å². The third-order valence-corrected chi connectivity index (χ3v) is 5.42. The highest BCUT2D eigenvalue weighted by atomic mass is 32.2. The van der Waals surface area contributed by atoms with Crippen molar-refractivity contribution in [1.82, 2.24) is 19.7 Å². The quantitative estimate of drug-likeness (QED) is 0.507. The van der Waals surface area contributed by atoms with Crippen molar-refractivity contribution in [2.75, 3.05) is 11.1 Å². The fraction of sp³-hybridized carbons (Fsp3) is 0.200. The first kappa shape index (κ1) is 18.2. The Morgan fingerprint density at radius 2 is 1.93 bits per heavy atom. The van der Waals surface area contributed by atoms with Crippen molar-refractivity contribution >= 4 is 45.2 Å². The summed E-state index contributed by atoms with van der Waals surface area (Å²) in [7, 11) is 0. The summed E-state index contributed by atoms with van der Waals surface area (Å²) in [6, 6.07) is 14.2. The highest BCUT2D eigenvalue weighted by Gasteiger charge is 2.11. The Labute approximate surface area is 165 Å². The lowest BCUT2D eigenvalue weighted by atomic mass is 10.1. The smallest absolute Gasteiger partial charge is 0.273 e. The van der Waals surface area contributed by atoms with Crippen molar-refractivity contribution in [3.8, 4) is 0 Å². The maximum Gasteiger partial charge on any atom is 0.273 e. The summed E-state index contributed by atoms with van der Waals surface area (Å²) in [5.74, 6) is -0.0468. The molecule has 0 atom stereocenters. The van der Waals surface area contributed by atoms with E-state index in [1.165, 1.54) is 5.52 Å². The fourth-order valence-corrected chi connectivity index (χ4v) is 3.85. The van der Waals surface area contributed by atoms with Crippen LogP contribution in [0.4, 0.5) is 5.69 Å². The molecule has 0 aliphatic carbocycles. The molecule has 7 nitrogen and oxygen atoms in total. The Bertz CT molecular complexity index is 1240. The number of anilines is 1. The predicted molar refractivity (Wildman–Crippen MR) is 112 cm³/mol. The molecule has 2 aromatic carbocycles. The molecule has 0 unspecified atom stereocenters. The molecule has 0 saturated carbocycles. The van der Waals surface area contributed by atoms with Crippen LogP contribution in [0.5, 0.6) is 0 Å². The number of aromatic nitrogens is 4. The van der Waals surface area contributed by atoms with E-state index in [1.807, 2.05) is 30.3 Å². The number of hydrogen-bond acceptors (Lipinski definition) is 5. The van der Waals surface area contributed by atoms with Crippen LogP contribution in [0.2, 0.25) is 0 Å². The molecule has 0 bridgehead atoms. The number of thioether (sulfide) groups is 1. The van der Waals surface area contributed by atoms with Gasteiger partial charge in [0.2, 0.25) is 5.91 Å². The van der Waals surface area contributed by atoms with E-state index >= 15 is 0 Å². The number of benzene rings is 2. The van der Waals surface area contributed by atoms with Gasteiger partial charge < -0.3 is 9.88 Å². The van der Waals surface area contributed by atoms with Gasteiger partial charge in [-0.3, -0.25) is 14.6 Å². The number of para-hydroxylation sites is 1. The van der Waals surface area contributed by atoms with Gasteiger partial charge in [0.25, 0.3) is 5.56 Å². The van der Waals surface area contributed by atoms with E-state index in [9.17, 15) is 9.59 Å². The average Bonchev–Trinajstić information content (AvgIpc) is 3.02. The van der Waals surface area contributed by atoms with E-state index in [0.717, 1.165) is 40.3 Å². The number of fused-ring (bicyclic) bond motifs is 3. The Morgan fingerprint density at radius 1 is 1.14 bits per heavy atom. The number of carbonyl (C=O) groups excluding carboxylic acids is 1. The Morgan fingerprint density at radius 3 is 2.71 bits per heavy atom.